The standard InChI is InChI=1S/C22H27NO3/c1-13(2)19-22(3,4)26-21(25)23(19)20(24)18-16-11-10-15(12-16)17(18)14-8-6-5-7-9-14/h5-11,13,15-19H,12H2,1-4H3/t15-,16+,17-,18-,19-/m0/s1. The van der Waals surface area contributed by atoms with Gasteiger partial charge in [0.25, 0.3) is 0 Å². The molecule has 4 nitrogen and oxygen atoms in total. The van der Waals surface area contributed by atoms with Crippen LogP contribution in [0.5, 0.6) is 0 Å². The summed E-state index contributed by atoms with van der Waals surface area (Å²) < 4.78 is 5.59. The Kier molecular flexibility index (Phi) is 3.98. The number of carbonyl (C=O) groups excluding carboxylic acids is 2. The zero-order valence-corrected chi connectivity index (χ0v) is 15.9. The summed E-state index contributed by atoms with van der Waals surface area (Å²) in [6.07, 6.45) is 4.92. The molecule has 0 aromatic heterocycles. The third-order valence-electron chi connectivity index (χ3n) is 6.34. The van der Waals surface area contributed by atoms with Crippen molar-refractivity contribution in [2.45, 2.75) is 51.7 Å². The number of hydrogen-bond donors (Lipinski definition) is 0. The van der Waals surface area contributed by atoms with Gasteiger partial charge in [-0.25, -0.2) is 9.69 Å². The summed E-state index contributed by atoms with van der Waals surface area (Å²) in [6.45, 7) is 7.89. The number of nitrogens with zero attached hydrogens (tertiary/aromatic N) is 1. The maximum Gasteiger partial charge on any atom is 0.417 e. The van der Waals surface area contributed by atoms with Gasteiger partial charge in [-0.3, -0.25) is 4.79 Å². The van der Waals surface area contributed by atoms with Crippen LogP contribution in [0, 0.1) is 23.7 Å². The number of benzene rings is 1. The summed E-state index contributed by atoms with van der Waals surface area (Å²) in [7, 11) is 0. The fourth-order valence-corrected chi connectivity index (χ4v) is 5.54. The molecule has 1 heterocycles. The van der Waals surface area contributed by atoms with Crippen molar-refractivity contribution in [3.63, 3.8) is 0 Å². The molecule has 1 aromatic carbocycles. The van der Waals surface area contributed by atoms with E-state index in [1.807, 2.05) is 45.9 Å². The fourth-order valence-electron chi connectivity index (χ4n) is 5.54. The molecule has 2 fully saturated rings. The minimum Gasteiger partial charge on any atom is -0.441 e. The molecule has 3 aliphatic rings. The molecule has 0 spiro atoms. The first-order valence-corrected chi connectivity index (χ1v) is 9.60. The average molecular weight is 353 g/mol. The van der Waals surface area contributed by atoms with Crippen molar-refractivity contribution >= 4 is 12.0 Å². The molecule has 2 aliphatic carbocycles. The number of allylic oxidation sites excluding steroid dienone is 2. The van der Waals surface area contributed by atoms with Crippen LogP contribution in [0.4, 0.5) is 4.79 Å². The Bertz CT molecular complexity index is 752. The summed E-state index contributed by atoms with van der Waals surface area (Å²) in [4.78, 5) is 27.7. The van der Waals surface area contributed by atoms with Gasteiger partial charge in [-0.2, -0.15) is 0 Å². The van der Waals surface area contributed by atoms with Crippen molar-refractivity contribution in [3.8, 4) is 0 Å². The Hall–Kier alpha value is -2.10. The van der Waals surface area contributed by atoms with Gasteiger partial charge in [0.1, 0.15) is 5.60 Å². The second kappa shape index (κ2) is 5.97. The summed E-state index contributed by atoms with van der Waals surface area (Å²) >= 11 is 0. The first-order chi connectivity index (χ1) is 12.3. The van der Waals surface area contributed by atoms with Crippen LogP contribution >= 0.6 is 0 Å². The number of hydrogen-bond acceptors (Lipinski definition) is 3. The van der Waals surface area contributed by atoms with Crippen LogP contribution in [-0.2, 0) is 9.53 Å². The second-order valence-corrected chi connectivity index (χ2v) is 8.78. The molecule has 0 radical (unpaired) electrons. The third-order valence-corrected chi connectivity index (χ3v) is 6.34. The minimum absolute atomic E-state index is 0.0648. The molecule has 4 heteroatoms. The SMILES string of the molecule is CC(C)[C@@H]1N(C(=O)[C@@H]2[C@@H](c3ccccc3)[C@H]3C=C[C@@H]2C3)C(=O)OC1(C)C. The van der Waals surface area contributed by atoms with E-state index in [2.05, 4.69) is 24.3 Å². The van der Waals surface area contributed by atoms with E-state index in [1.165, 1.54) is 10.5 Å². The molecule has 1 saturated heterocycles. The summed E-state index contributed by atoms with van der Waals surface area (Å²) in [6, 6.07) is 10.0. The Balaban J connectivity index is 1.70. The lowest BCUT2D eigenvalue weighted by Gasteiger charge is -2.35. The van der Waals surface area contributed by atoms with Gasteiger partial charge in [-0.1, -0.05) is 56.3 Å². The molecule has 4 rings (SSSR count). The first-order valence-electron chi connectivity index (χ1n) is 9.60. The van der Waals surface area contributed by atoms with Gasteiger partial charge < -0.3 is 4.74 Å². The zero-order chi connectivity index (χ0) is 18.6. The second-order valence-electron chi connectivity index (χ2n) is 8.78. The van der Waals surface area contributed by atoms with E-state index in [4.69, 9.17) is 4.74 Å². The molecule has 5 atom stereocenters. The maximum atomic E-state index is 13.6. The molecule has 26 heavy (non-hydrogen) atoms. The Morgan fingerprint density at radius 3 is 2.46 bits per heavy atom. The van der Waals surface area contributed by atoms with Crippen LogP contribution in [0.1, 0.15) is 45.6 Å². The smallest absolute Gasteiger partial charge is 0.417 e. The van der Waals surface area contributed by atoms with Crippen molar-refractivity contribution in [1.82, 2.24) is 4.90 Å². The highest BCUT2D eigenvalue weighted by Gasteiger charge is 2.57. The van der Waals surface area contributed by atoms with Gasteiger partial charge in [-0.15, -0.1) is 0 Å². The van der Waals surface area contributed by atoms with E-state index >= 15 is 0 Å². The van der Waals surface area contributed by atoms with E-state index in [9.17, 15) is 9.59 Å². The van der Waals surface area contributed by atoms with E-state index in [0.29, 0.717) is 5.92 Å². The minimum atomic E-state index is -0.656. The van der Waals surface area contributed by atoms with Gasteiger partial charge in [-0.05, 0) is 43.6 Å². The monoisotopic (exact) mass is 353 g/mol. The lowest BCUT2D eigenvalue weighted by molar-refractivity contribution is -0.136. The Labute approximate surface area is 155 Å². The van der Waals surface area contributed by atoms with Crippen molar-refractivity contribution in [2.75, 3.05) is 0 Å². The number of imide groups is 1. The molecule has 2 amide bonds. The highest BCUT2D eigenvalue weighted by atomic mass is 16.6. The normalized spacial score (nSPS) is 34.6. The van der Waals surface area contributed by atoms with E-state index in [1.54, 1.807) is 0 Å². The van der Waals surface area contributed by atoms with Gasteiger partial charge in [0.15, 0.2) is 0 Å². The predicted octanol–water partition coefficient (Wildman–Crippen LogP) is 4.37. The fraction of sp³-hybridized carbons (Fsp3) is 0.545. The van der Waals surface area contributed by atoms with Crippen molar-refractivity contribution in [3.05, 3.63) is 48.0 Å². The largest absolute Gasteiger partial charge is 0.441 e. The molecular formula is C22H27NO3. The van der Waals surface area contributed by atoms with Crippen LogP contribution in [0.15, 0.2) is 42.5 Å². The van der Waals surface area contributed by atoms with Gasteiger partial charge >= 0.3 is 6.09 Å². The molecule has 138 valence electrons. The lowest BCUT2D eigenvalue weighted by Crippen LogP contribution is -2.51. The maximum absolute atomic E-state index is 13.6. The number of fused-ring (bicyclic) bond motifs is 2. The number of rotatable bonds is 3. The van der Waals surface area contributed by atoms with E-state index in [0.717, 1.165) is 6.42 Å². The summed E-state index contributed by atoms with van der Waals surface area (Å²) in [5.41, 5.74) is 0.534. The van der Waals surface area contributed by atoms with Crippen LogP contribution in [-0.4, -0.2) is 28.5 Å². The Morgan fingerprint density at radius 2 is 1.81 bits per heavy atom. The van der Waals surface area contributed by atoms with E-state index < -0.39 is 11.7 Å². The van der Waals surface area contributed by atoms with Crippen LogP contribution in [0.25, 0.3) is 0 Å². The molecular weight excluding hydrogens is 326 g/mol. The molecule has 0 unspecified atom stereocenters. The molecule has 0 N–H and O–H groups in total. The highest BCUT2D eigenvalue weighted by Crippen LogP contribution is 2.54. The molecule has 1 aromatic rings. The molecule has 1 saturated carbocycles. The number of ether oxygens (including phenoxy) is 1. The Morgan fingerprint density at radius 1 is 1.15 bits per heavy atom. The van der Waals surface area contributed by atoms with Crippen LogP contribution in [0.2, 0.25) is 0 Å². The number of carbonyl (C=O) groups is 2. The third kappa shape index (κ3) is 2.50. The van der Waals surface area contributed by atoms with Gasteiger partial charge in [0.05, 0.1) is 12.0 Å². The molecule has 2 bridgehead atoms. The molecule has 1 aliphatic heterocycles. The predicted molar refractivity (Wildman–Crippen MR) is 99.4 cm³/mol. The van der Waals surface area contributed by atoms with Gasteiger partial charge in [0, 0.05) is 5.92 Å². The average Bonchev–Trinajstić information content (AvgIpc) is 3.25. The van der Waals surface area contributed by atoms with Crippen LogP contribution in [0.3, 0.4) is 0 Å². The summed E-state index contributed by atoms with van der Waals surface area (Å²) in [5.74, 6) is 0.621. The highest BCUT2D eigenvalue weighted by molar-refractivity contribution is 5.96. The number of amides is 2. The quantitative estimate of drug-likeness (QED) is 0.758. The van der Waals surface area contributed by atoms with Gasteiger partial charge in [0.2, 0.25) is 5.91 Å². The van der Waals surface area contributed by atoms with Crippen molar-refractivity contribution < 1.29 is 14.3 Å². The van der Waals surface area contributed by atoms with Crippen molar-refractivity contribution in [2.24, 2.45) is 23.7 Å². The van der Waals surface area contributed by atoms with E-state index in [-0.39, 0.29) is 35.6 Å². The topological polar surface area (TPSA) is 46.6 Å². The number of cyclic esters (lactones) is 1. The van der Waals surface area contributed by atoms with Crippen LogP contribution < -0.4 is 0 Å². The summed E-state index contributed by atoms with van der Waals surface area (Å²) in [5, 5.41) is 0. The first kappa shape index (κ1) is 17.3. The van der Waals surface area contributed by atoms with Crippen molar-refractivity contribution in [1.29, 1.82) is 0 Å². The lowest BCUT2D eigenvalue weighted by atomic mass is 9.77. The zero-order valence-electron chi connectivity index (χ0n) is 15.9.